The summed E-state index contributed by atoms with van der Waals surface area (Å²) in [6.07, 6.45) is 18.0. The van der Waals surface area contributed by atoms with Gasteiger partial charge in [0.15, 0.2) is 0 Å². The van der Waals surface area contributed by atoms with Crippen molar-refractivity contribution in [1.82, 2.24) is 4.98 Å². The SMILES string of the molecule is C/C=C/c1cc2[nH]c3c(c2c2ccccc12)=CC1C=CC=CC1C=3. The predicted molar refractivity (Wildman–Crippen MR) is 104 cm³/mol. The van der Waals surface area contributed by atoms with Crippen LogP contribution in [-0.2, 0) is 0 Å². The molecule has 0 radical (unpaired) electrons. The van der Waals surface area contributed by atoms with Crippen LogP contribution >= 0.6 is 0 Å². The summed E-state index contributed by atoms with van der Waals surface area (Å²) in [6.45, 7) is 2.07. The van der Waals surface area contributed by atoms with Gasteiger partial charge in [-0.2, -0.15) is 0 Å². The number of rotatable bonds is 1. The first-order valence-corrected chi connectivity index (χ1v) is 8.60. The number of aromatic nitrogens is 1. The summed E-state index contributed by atoms with van der Waals surface area (Å²) in [5, 5.41) is 6.62. The lowest BCUT2D eigenvalue weighted by Crippen LogP contribution is -2.31. The van der Waals surface area contributed by atoms with E-state index in [4.69, 9.17) is 0 Å². The number of allylic oxidation sites excluding steroid dienone is 5. The molecule has 2 atom stereocenters. The van der Waals surface area contributed by atoms with E-state index in [1.165, 1.54) is 37.8 Å². The lowest BCUT2D eigenvalue weighted by atomic mass is 9.84. The van der Waals surface area contributed by atoms with Crippen LogP contribution in [0.15, 0.2) is 60.7 Å². The highest BCUT2D eigenvalue weighted by Crippen LogP contribution is 2.29. The minimum atomic E-state index is 0.468. The topological polar surface area (TPSA) is 15.8 Å². The van der Waals surface area contributed by atoms with Gasteiger partial charge in [-0.05, 0) is 29.3 Å². The third-order valence-electron chi connectivity index (χ3n) is 5.19. The number of nitrogens with one attached hydrogen (secondary N) is 1. The summed E-state index contributed by atoms with van der Waals surface area (Å²) in [4.78, 5) is 3.66. The summed E-state index contributed by atoms with van der Waals surface area (Å²) < 4.78 is 0. The van der Waals surface area contributed by atoms with Crippen LogP contribution in [0.25, 0.3) is 39.9 Å². The number of hydrogen-bond acceptors (Lipinski definition) is 0. The molecule has 0 bridgehead atoms. The third-order valence-corrected chi connectivity index (χ3v) is 5.19. The Morgan fingerprint density at radius 2 is 1.71 bits per heavy atom. The van der Waals surface area contributed by atoms with E-state index in [1.54, 1.807) is 0 Å². The van der Waals surface area contributed by atoms with Gasteiger partial charge in [0.25, 0.3) is 0 Å². The highest BCUT2D eigenvalue weighted by Gasteiger charge is 2.19. The fourth-order valence-electron chi connectivity index (χ4n) is 4.12. The summed E-state index contributed by atoms with van der Waals surface area (Å²) in [5.74, 6) is 0.937. The van der Waals surface area contributed by atoms with Crippen molar-refractivity contribution in [2.75, 3.05) is 0 Å². The molecule has 2 aromatic carbocycles. The zero-order chi connectivity index (χ0) is 16.1. The van der Waals surface area contributed by atoms with Crippen molar-refractivity contribution in [2.45, 2.75) is 6.92 Å². The average Bonchev–Trinajstić information content (AvgIpc) is 2.97. The summed E-state index contributed by atoms with van der Waals surface area (Å²) in [5.41, 5.74) is 2.50. The Kier molecular flexibility index (Phi) is 2.90. The molecule has 3 aromatic rings. The van der Waals surface area contributed by atoms with E-state index in [0.29, 0.717) is 11.8 Å². The summed E-state index contributed by atoms with van der Waals surface area (Å²) in [6, 6.07) is 11.0. The van der Waals surface area contributed by atoms with Gasteiger partial charge >= 0.3 is 0 Å². The number of fused-ring (bicyclic) bond motifs is 6. The molecule has 1 nitrogen and oxygen atoms in total. The molecule has 5 rings (SSSR count). The molecule has 1 aromatic heterocycles. The third kappa shape index (κ3) is 1.88. The molecule has 2 aliphatic carbocycles. The zero-order valence-corrected chi connectivity index (χ0v) is 13.7. The Labute approximate surface area is 141 Å². The van der Waals surface area contributed by atoms with E-state index >= 15 is 0 Å². The Morgan fingerprint density at radius 3 is 2.50 bits per heavy atom. The second kappa shape index (κ2) is 5.10. The highest BCUT2D eigenvalue weighted by molar-refractivity contribution is 6.10. The number of H-pyrrole nitrogens is 1. The van der Waals surface area contributed by atoms with Gasteiger partial charge in [0.1, 0.15) is 0 Å². The first-order chi connectivity index (χ1) is 11.8. The average molecular weight is 309 g/mol. The van der Waals surface area contributed by atoms with Crippen LogP contribution in [0.2, 0.25) is 0 Å². The van der Waals surface area contributed by atoms with Gasteiger partial charge in [-0.1, -0.05) is 72.9 Å². The molecular weight excluding hydrogens is 290 g/mol. The van der Waals surface area contributed by atoms with Crippen molar-refractivity contribution in [3.05, 3.63) is 76.8 Å². The molecule has 24 heavy (non-hydrogen) atoms. The molecule has 0 amide bonds. The van der Waals surface area contributed by atoms with Crippen molar-refractivity contribution in [2.24, 2.45) is 11.8 Å². The number of aromatic amines is 1. The molecule has 2 unspecified atom stereocenters. The molecule has 116 valence electrons. The van der Waals surface area contributed by atoms with Gasteiger partial charge in [-0.15, -0.1) is 0 Å². The van der Waals surface area contributed by atoms with Crippen LogP contribution in [-0.4, -0.2) is 4.98 Å². The van der Waals surface area contributed by atoms with E-state index in [1.807, 2.05) is 0 Å². The van der Waals surface area contributed by atoms with Gasteiger partial charge in [0, 0.05) is 33.3 Å². The molecule has 0 spiro atoms. The molecule has 0 aliphatic heterocycles. The van der Waals surface area contributed by atoms with Gasteiger partial charge in [0.05, 0.1) is 0 Å². The second-order valence-corrected chi connectivity index (χ2v) is 6.64. The number of hydrogen-bond donors (Lipinski definition) is 1. The largest absolute Gasteiger partial charge is 0.355 e. The smallest absolute Gasteiger partial charge is 0.0477 e. The fraction of sp³-hybridized carbons (Fsp3) is 0.130. The lowest BCUT2D eigenvalue weighted by molar-refractivity contribution is 0.722. The van der Waals surface area contributed by atoms with Crippen molar-refractivity contribution in [3.63, 3.8) is 0 Å². The first-order valence-electron chi connectivity index (χ1n) is 8.60. The van der Waals surface area contributed by atoms with Crippen LogP contribution in [0.1, 0.15) is 12.5 Å². The highest BCUT2D eigenvalue weighted by atomic mass is 14.7. The van der Waals surface area contributed by atoms with Gasteiger partial charge < -0.3 is 4.98 Å². The summed E-state index contributed by atoms with van der Waals surface area (Å²) >= 11 is 0. The van der Waals surface area contributed by atoms with Crippen molar-refractivity contribution < 1.29 is 0 Å². The fourth-order valence-corrected chi connectivity index (χ4v) is 4.12. The van der Waals surface area contributed by atoms with Gasteiger partial charge in [-0.3, -0.25) is 0 Å². The van der Waals surface area contributed by atoms with E-state index in [9.17, 15) is 0 Å². The van der Waals surface area contributed by atoms with Gasteiger partial charge in [0.2, 0.25) is 0 Å². The van der Waals surface area contributed by atoms with Crippen LogP contribution in [0, 0.1) is 11.8 Å². The maximum atomic E-state index is 3.66. The van der Waals surface area contributed by atoms with Crippen molar-refractivity contribution in [3.8, 4) is 0 Å². The Morgan fingerprint density at radius 1 is 0.958 bits per heavy atom. The van der Waals surface area contributed by atoms with Crippen molar-refractivity contribution in [1.29, 1.82) is 0 Å². The number of benzene rings is 2. The Bertz CT molecular complexity index is 1170. The minimum Gasteiger partial charge on any atom is -0.355 e. The second-order valence-electron chi connectivity index (χ2n) is 6.64. The molecule has 0 fully saturated rings. The predicted octanol–water partition coefficient (Wildman–Crippen LogP) is 4.29. The first kappa shape index (κ1) is 13.6. The zero-order valence-electron chi connectivity index (χ0n) is 13.7. The maximum Gasteiger partial charge on any atom is 0.0477 e. The Balaban J connectivity index is 1.96. The molecule has 2 aliphatic rings. The van der Waals surface area contributed by atoms with E-state index in [0.717, 1.165) is 0 Å². The standard InChI is InChI=1S/C23H19N/c1-2-7-17-14-22-23(19-11-6-5-10-18(17)19)20-12-15-8-3-4-9-16(15)13-21(20)24-22/h2-16,24H,1H3/b7-2+. The molecule has 1 heterocycles. The quantitative estimate of drug-likeness (QED) is 0.690. The molecule has 1 N–H and O–H groups in total. The van der Waals surface area contributed by atoms with Crippen LogP contribution in [0.5, 0.6) is 0 Å². The van der Waals surface area contributed by atoms with Crippen molar-refractivity contribution >= 4 is 39.9 Å². The normalized spacial score (nSPS) is 21.7. The lowest BCUT2D eigenvalue weighted by Gasteiger charge is -2.20. The maximum absolute atomic E-state index is 3.66. The van der Waals surface area contributed by atoms with Crippen LogP contribution in [0.3, 0.4) is 0 Å². The summed E-state index contributed by atoms with van der Waals surface area (Å²) in [7, 11) is 0. The van der Waals surface area contributed by atoms with Crippen LogP contribution in [0.4, 0.5) is 0 Å². The molecule has 0 saturated heterocycles. The van der Waals surface area contributed by atoms with Gasteiger partial charge in [-0.25, -0.2) is 0 Å². The van der Waals surface area contributed by atoms with E-state index in [2.05, 4.69) is 90.8 Å². The molecular formula is C23H19N. The van der Waals surface area contributed by atoms with E-state index in [-0.39, 0.29) is 0 Å². The monoisotopic (exact) mass is 309 g/mol. The minimum absolute atomic E-state index is 0.468. The van der Waals surface area contributed by atoms with E-state index < -0.39 is 0 Å². The molecule has 0 saturated carbocycles. The molecule has 1 heteroatoms. The Hall–Kier alpha value is -2.80. The van der Waals surface area contributed by atoms with Crippen LogP contribution < -0.4 is 10.6 Å².